The summed E-state index contributed by atoms with van der Waals surface area (Å²) < 4.78 is 6.90. The molecule has 0 saturated heterocycles. The predicted molar refractivity (Wildman–Crippen MR) is 99.5 cm³/mol. The number of benzene rings is 2. The molecule has 3 rings (SSSR count). The Bertz CT molecular complexity index is 881. The van der Waals surface area contributed by atoms with Crippen LogP contribution in [0, 0.1) is 0 Å². The molecule has 5 heteroatoms. The molecule has 0 amide bonds. The van der Waals surface area contributed by atoms with Crippen molar-refractivity contribution in [3.8, 4) is 0 Å². The van der Waals surface area contributed by atoms with Crippen LogP contribution in [0.3, 0.4) is 0 Å². The highest BCUT2D eigenvalue weighted by molar-refractivity contribution is 5.72. The van der Waals surface area contributed by atoms with Crippen molar-refractivity contribution in [2.24, 2.45) is 0 Å². The molecule has 0 aliphatic rings. The summed E-state index contributed by atoms with van der Waals surface area (Å²) in [4.78, 5) is 14.1. The smallest absolute Gasteiger partial charge is 0.408 e. The van der Waals surface area contributed by atoms with E-state index in [2.05, 4.69) is 17.1 Å². The molecule has 130 valence electrons. The maximum atomic E-state index is 12.0. The maximum absolute atomic E-state index is 12.0. The molecule has 0 bridgehead atoms. The van der Waals surface area contributed by atoms with Gasteiger partial charge in [0.2, 0.25) is 0 Å². The molecular weight excluding hydrogens is 316 g/mol. The number of nitrogens with zero attached hydrogens (tertiary/aromatic N) is 2. The summed E-state index contributed by atoms with van der Waals surface area (Å²) in [5.74, 6) is -0.343. The van der Waals surface area contributed by atoms with Gasteiger partial charge >= 0.3 is 5.76 Å². The van der Waals surface area contributed by atoms with Gasteiger partial charge in [0.1, 0.15) is 0 Å². The second-order valence-corrected chi connectivity index (χ2v) is 5.82. The summed E-state index contributed by atoms with van der Waals surface area (Å²) in [5.41, 5.74) is 2.55. The Balaban J connectivity index is 1.64. The minimum atomic E-state index is -0.343. The van der Waals surface area contributed by atoms with Crippen molar-refractivity contribution in [1.82, 2.24) is 9.47 Å². The van der Waals surface area contributed by atoms with Crippen LogP contribution in [0.2, 0.25) is 0 Å². The van der Waals surface area contributed by atoms with E-state index in [0.717, 1.165) is 11.1 Å². The van der Waals surface area contributed by atoms with E-state index in [0.29, 0.717) is 31.8 Å². The zero-order valence-corrected chi connectivity index (χ0v) is 14.0. The SMILES string of the molecule is O=c1oc2ccccc2n1CCN(CC=Cc1ccccc1)CCO. The van der Waals surface area contributed by atoms with Gasteiger partial charge in [0, 0.05) is 26.2 Å². The number of hydrogen-bond donors (Lipinski definition) is 1. The van der Waals surface area contributed by atoms with Crippen LogP contribution in [0.5, 0.6) is 0 Å². The number of hydrogen-bond acceptors (Lipinski definition) is 4. The summed E-state index contributed by atoms with van der Waals surface area (Å²) in [5, 5.41) is 9.28. The van der Waals surface area contributed by atoms with Crippen LogP contribution < -0.4 is 5.76 Å². The third kappa shape index (κ3) is 4.47. The Morgan fingerprint density at radius 2 is 1.80 bits per heavy atom. The van der Waals surface area contributed by atoms with Gasteiger partial charge in [-0.15, -0.1) is 0 Å². The largest absolute Gasteiger partial charge is 0.419 e. The second kappa shape index (κ2) is 8.46. The van der Waals surface area contributed by atoms with Gasteiger partial charge in [0.05, 0.1) is 12.1 Å². The molecule has 0 spiro atoms. The lowest BCUT2D eigenvalue weighted by Gasteiger charge is -2.19. The van der Waals surface area contributed by atoms with Crippen molar-refractivity contribution in [3.05, 3.63) is 76.8 Å². The van der Waals surface area contributed by atoms with Gasteiger partial charge in [-0.05, 0) is 17.7 Å². The fourth-order valence-electron chi connectivity index (χ4n) is 2.80. The monoisotopic (exact) mass is 338 g/mol. The third-order valence-electron chi connectivity index (χ3n) is 4.10. The van der Waals surface area contributed by atoms with E-state index in [9.17, 15) is 9.90 Å². The van der Waals surface area contributed by atoms with Crippen molar-refractivity contribution >= 4 is 17.2 Å². The zero-order valence-electron chi connectivity index (χ0n) is 14.0. The van der Waals surface area contributed by atoms with Crippen LogP contribution in [-0.2, 0) is 6.54 Å². The van der Waals surface area contributed by atoms with Crippen LogP contribution >= 0.6 is 0 Å². The summed E-state index contributed by atoms with van der Waals surface area (Å²) in [6, 6.07) is 17.5. The minimum Gasteiger partial charge on any atom is -0.408 e. The van der Waals surface area contributed by atoms with Crippen molar-refractivity contribution in [2.45, 2.75) is 6.54 Å². The molecule has 25 heavy (non-hydrogen) atoms. The van der Waals surface area contributed by atoms with Gasteiger partial charge in [-0.2, -0.15) is 0 Å². The number of para-hydroxylation sites is 2. The van der Waals surface area contributed by atoms with Gasteiger partial charge < -0.3 is 9.52 Å². The van der Waals surface area contributed by atoms with Crippen molar-refractivity contribution in [1.29, 1.82) is 0 Å². The number of oxazole rings is 1. The lowest BCUT2D eigenvalue weighted by Crippen LogP contribution is -2.32. The Kier molecular flexibility index (Phi) is 5.82. The highest BCUT2D eigenvalue weighted by Crippen LogP contribution is 2.11. The Hall–Kier alpha value is -2.63. The molecule has 1 aromatic heterocycles. The van der Waals surface area contributed by atoms with Crippen LogP contribution in [-0.4, -0.2) is 40.8 Å². The predicted octanol–water partition coefficient (Wildman–Crippen LogP) is 2.60. The molecule has 1 heterocycles. The molecule has 0 saturated carbocycles. The molecule has 0 radical (unpaired) electrons. The molecule has 0 fully saturated rings. The van der Waals surface area contributed by atoms with E-state index in [1.165, 1.54) is 0 Å². The molecular formula is C20H22N2O3. The second-order valence-electron chi connectivity index (χ2n) is 5.82. The summed E-state index contributed by atoms with van der Waals surface area (Å²) in [7, 11) is 0. The van der Waals surface area contributed by atoms with Crippen LogP contribution in [0.25, 0.3) is 17.2 Å². The van der Waals surface area contributed by atoms with Crippen LogP contribution in [0.15, 0.2) is 69.9 Å². The molecule has 0 atom stereocenters. The normalized spacial score (nSPS) is 11.8. The Morgan fingerprint density at radius 3 is 2.60 bits per heavy atom. The Labute approximate surface area is 146 Å². The van der Waals surface area contributed by atoms with E-state index < -0.39 is 0 Å². The van der Waals surface area contributed by atoms with E-state index in [-0.39, 0.29) is 12.4 Å². The molecule has 5 nitrogen and oxygen atoms in total. The van der Waals surface area contributed by atoms with Gasteiger partial charge in [0.25, 0.3) is 0 Å². The first-order valence-corrected chi connectivity index (χ1v) is 8.41. The van der Waals surface area contributed by atoms with E-state index >= 15 is 0 Å². The van der Waals surface area contributed by atoms with Crippen LogP contribution in [0.1, 0.15) is 5.56 Å². The number of aliphatic hydroxyl groups excluding tert-OH is 1. The van der Waals surface area contributed by atoms with E-state index in [1.807, 2.05) is 48.5 Å². The molecule has 0 aliphatic heterocycles. The zero-order chi connectivity index (χ0) is 17.5. The standard InChI is InChI=1S/C20H22N2O3/c23-16-15-21(12-6-9-17-7-2-1-3-8-17)13-14-22-18-10-4-5-11-19(18)25-20(22)24/h1-11,23H,12-16H2. The molecule has 3 aromatic rings. The van der Waals surface area contributed by atoms with Crippen molar-refractivity contribution < 1.29 is 9.52 Å². The summed E-state index contributed by atoms with van der Waals surface area (Å²) >= 11 is 0. The van der Waals surface area contributed by atoms with Crippen molar-refractivity contribution in [3.63, 3.8) is 0 Å². The first-order valence-electron chi connectivity index (χ1n) is 8.41. The van der Waals surface area contributed by atoms with Gasteiger partial charge in [-0.3, -0.25) is 9.47 Å². The third-order valence-corrected chi connectivity index (χ3v) is 4.10. The molecule has 1 N–H and O–H groups in total. The highest BCUT2D eigenvalue weighted by Gasteiger charge is 2.10. The van der Waals surface area contributed by atoms with Gasteiger partial charge in [-0.25, -0.2) is 4.79 Å². The highest BCUT2D eigenvalue weighted by atomic mass is 16.4. The van der Waals surface area contributed by atoms with Crippen LogP contribution in [0.4, 0.5) is 0 Å². The molecule has 0 aliphatic carbocycles. The number of aromatic nitrogens is 1. The maximum Gasteiger partial charge on any atom is 0.419 e. The summed E-state index contributed by atoms with van der Waals surface area (Å²) in [6.07, 6.45) is 4.13. The van der Waals surface area contributed by atoms with Gasteiger partial charge in [-0.1, -0.05) is 54.6 Å². The van der Waals surface area contributed by atoms with Crippen molar-refractivity contribution in [2.75, 3.05) is 26.2 Å². The minimum absolute atomic E-state index is 0.0835. The lowest BCUT2D eigenvalue weighted by atomic mass is 10.2. The molecule has 0 unspecified atom stereocenters. The topological polar surface area (TPSA) is 58.6 Å². The van der Waals surface area contributed by atoms with E-state index in [1.54, 1.807) is 10.6 Å². The first kappa shape index (κ1) is 17.2. The molecule has 2 aromatic carbocycles. The summed E-state index contributed by atoms with van der Waals surface area (Å²) in [6.45, 7) is 2.53. The average molecular weight is 338 g/mol. The number of fused-ring (bicyclic) bond motifs is 1. The lowest BCUT2D eigenvalue weighted by molar-refractivity contribution is 0.203. The fraction of sp³-hybridized carbons (Fsp3) is 0.250. The number of aliphatic hydroxyl groups is 1. The quantitative estimate of drug-likeness (QED) is 0.686. The fourth-order valence-corrected chi connectivity index (χ4v) is 2.80. The average Bonchev–Trinajstić information content (AvgIpc) is 2.96. The first-order chi connectivity index (χ1) is 12.3. The number of rotatable bonds is 8. The van der Waals surface area contributed by atoms with Gasteiger partial charge in [0.15, 0.2) is 5.58 Å². The van der Waals surface area contributed by atoms with E-state index in [4.69, 9.17) is 4.42 Å². The Morgan fingerprint density at radius 1 is 1.04 bits per heavy atom.